The summed E-state index contributed by atoms with van der Waals surface area (Å²) in [4.78, 5) is 0. The molecule has 4 nitrogen and oxygen atoms in total. The van der Waals surface area contributed by atoms with E-state index in [0.717, 1.165) is 29.0 Å². The number of nitrogens with zero attached hydrogens (tertiary/aromatic N) is 1. The van der Waals surface area contributed by atoms with Gasteiger partial charge >= 0.3 is 0 Å². The monoisotopic (exact) mass is 221 g/mol. The number of hydrogen-bond acceptors (Lipinski definition) is 4. The second-order valence-electron chi connectivity index (χ2n) is 3.81. The molecule has 1 aromatic carbocycles. The molecule has 0 bridgehead atoms. The SMILES string of the molecule is CCOc1cc2c(cc1C=NO)O[C@@H](C)C2. The third-order valence-electron chi connectivity index (χ3n) is 2.53. The van der Waals surface area contributed by atoms with Crippen molar-refractivity contribution in [1.29, 1.82) is 0 Å². The number of fused-ring (bicyclic) bond motifs is 1. The third-order valence-corrected chi connectivity index (χ3v) is 2.53. The minimum atomic E-state index is 0.200. The number of benzene rings is 1. The molecular formula is C12H15NO3. The van der Waals surface area contributed by atoms with Crippen molar-refractivity contribution >= 4 is 6.21 Å². The Labute approximate surface area is 94.5 Å². The molecule has 0 spiro atoms. The van der Waals surface area contributed by atoms with E-state index < -0.39 is 0 Å². The first kappa shape index (κ1) is 10.8. The van der Waals surface area contributed by atoms with Crippen LogP contribution < -0.4 is 9.47 Å². The molecule has 16 heavy (non-hydrogen) atoms. The fourth-order valence-corrected chi connectivity index (χ4v) is 1.90. The number of ether oxygens (including phenoxy) is 2. The van der Waals surface area contributed by atoms with Crippen LogP contribution in [0.15, 0.2) is 17.3 Å². The van der Waals surface area contributed by atoms with Crippen LogP contribution in [-0.2, 0) is 6.42 Å². The molecule has 0 fully saturated rings. The van der Waals surface area contributed by atoms with Crippen LogP contribution in [0.2, 0.25) is 0 Å². The van der Waals surface area contributed by atoms with E-state index in [-0.39, 0.29) is 6.10 Å². The molecule has 1 aliphatic heterocycles. The summed E-state index contributed by atoms with van der Waals surface area (Å²) in [6, 6.07) is 3.81. The van der Waals surface area contributed by atoms with Crippen LogP contribution in [-0.4, -0.2) is 24.1 Å². The highest BCUT2D eigenvalue weighted by atomic mass is 16.5. The van der Waals surface area contributed by atoms with Gasteiger partial charge in [-0.05, 0) is 26.0 Å². The Morgan fingerprint density at radius 3 is 3.12 bits per heavy atom. The lowest BCUT2D eigenvalue weighted by Crippen LogP contribution is -2.05. The number of oxime groups is 1. The molecular weight excluding hydrogens is 206 g/mol. The fourth-order valence-electron chi connectivity index (χ4n) is 1.90. The van der Waals surface area contributed by atoms with Gasteiger partial charge in [-0.15, -0.1) is 0 Å². The van der Waals surface area contributed by atoms with Crippen molar-refractivity contribution < 1.29 is 14.7 Å². The summed E-state index contributed by atoms with van der Waals surface area (Å²) >= 11 is 0. The van der Waals surface area contributed by atoms with Crippen molar-refractivity contribution in [3.63, 3.8) is 0 Å². The second kappa shape index (κ2) is 4.43. The molecule has 0 aliphatic carbocycles. The zero-order chi connectivity index (χ0) is 11.5. The van der Waals surface area contributed by atoms with E-state index in [4.69, 9.17) is 14.7 Å². The summed E-state index contributed by atoms with van der Waals surface area (Å²) in [5.41, 5.74) is 1.88. The molecule has 1 atom stereocenters. The molecule has 0 unspecified atom stereocenters. The maximum atomic E-state index is 8.59. The maximum absolute atomic E-state index is 8.59. The van der Waals surface area contributed by atoms with Crippen LogP contribution in [0, 0.1) is 0 Å². The van der Waals surface area contributed by atoms with E-state index in [1.807, 2.05) is 26.0 Å². The van der Waals surface area contributed by atoms with Gasteiger partial charge in [-0.1, -0.05) is 5.16 Å². The van der Waals surface area contributed by atoms with Gasteiger partial charge in [-0.25, -0.2) is 0 Å². The first-order chi connectivity index (χ1) is 7.74. The summed E-state index contributed by atoms with van der Waals surface area (Å²) in [5, 5.41) is 11.6. The van der Waals surface area contributed by atoms with Crippen molar-refractivity contribution in [2.24, 2.45) is 5.16 Å². The highest BCUT2D eigenvalue weighted by Gasteiger charge is 2.21. The van der Waals surface area contributed by atoms with E-state index in [0.29, 0.717) is 6.61 Å². The molecule has 4 heteroatoms. The van der Waals surface area contributed by atoms with Gasteiger partial charge < -0.3 is 14.7 Å². The quantitative estimate of drug-likeness (QED) is 0.483. The van der Waals surface area contributed by atoms with Crippen molar-refractivity contribution in [3.05, 3.63) is 23.3 Å². The first-order valence-corrected chi connectivity index (χ1v) is 5.38. The fraction of sp³-hybridized carbons (Fsp3) is 0.417. The van der Waals surface area contributed by atoms with Crippen LogP contribution in [0.5, 0.6) is 11.5 Å². The third kappa shape index (κ3) is 1.96. The van der Waals surface area contributed by atoms with E-state index in [9.17, 15) is 0 Å². The lowest BCUT2D eigenvalue weighted by atomic mass is 10.1. The van der Waals surface area contributed by atoms with E-state index >= 15 is 0 Å². The van der Waals surface area contributed by atoms with Gasteiger partial charge in [0.25, 0.3) is 0 Å². The largest absolute Gasteiger partial charge is 0.493 e. The van der Waals surface area contributed by atoms with Crippen LogP contribution in [0.4, 0.5) is 0 Å². The molecule has 1 aliphatic rings. The summed E-state index contributed by atoms with van der Waals surface area (Å²) in [6.07, 6.45) is 2.45. The summed E-state index contributed by atoms with van der Waals surface area (Å²) < 4.78 is 11.1. The Bertz CT molecular complexity index is 415. The van der Waals surface area contributed by atoms with Gasteiger partial charge in [0, 0.05) is 17.5 Å². The maximum Gasteiger partial charge on any atom is 0.128 e. The van der Waals surface area contributed by atoms with E-state index in [1.54, 1.807) is 0 Å². The smallest absolute Gasteiger partial charge is 0.128 e. The molecule has 0 saturated heterocycles. The predicted octanol–water partition coefficient (Wildman–Crippen LogP) is 2.22. The number of hydrogen-bond donors (Lipinski definition) is 1. The van der Waals surface area contributed by atoms with Gasteiger partial charge in [0.05, 0.1) is 12.8 Å². The normalized spacial score (nSPS) is 18.5. The van der Waals surface area contributed by atoms with Gasteiger partial charge in [0.15, 0.2) is 0 Å². The summed E-state index contributed by atoms with van der Waals surface area (Å²) in [6.45, 7) is 4.54. The Morgan fingerprint density at radius 2 is 2.44 bits per heavy atom. The van der Waals surface area contributed by atoms with E-state index in [1.165, 1.54) is 6.21 Å². The van der Waals surface area contributed by atoms with Crippen LogP contribution >= 0.6 is 0 Å². The van der Waals surface area contributed by atoms with E-state index in [2.05, 4.69) is 5.16 Å². The summed E-state index contributed by atoms with van der Waals surface area (Å²) in [7, 11) is 0. The van der Waals surface area contributed by atoms with Crippen molar-refractivity contribution in [3.8, 4) is 11.5 Å². The van der Waals surface area contributed by atoms with Crippen LogP contribution in [0.1, 0.15) is 25.0 Å². The molecule has 1 aromatic rings. The summed E-state index contributed by atoms with van der Waals surface area (Å²) in [5.74, 6) is 1.59. The zero-order valence-electron chi connectivity index (χ0n) is 9.43. The van der Waals surface area contributed by atoms with Gasteiger partial charge in [-0.3, -0.25) is 0 Å². The van der Waals surface area contributed by atoms with Crippen molar-refractivity contribution in [2.45, 2.75) is 26.4 Å². The zero-order valence-corrected chi connectivity index (χ0v) is 9.43. The van der Waals surface area contributed by atoms with Gasteiger partial charge in [-0.2, -0.15) is 0 Å². The average molecular weight is 221 g/mol. The molecule has 0 aromatic heterocycles. The molecule has 1 heterocycles. The Hall–Kier alpha value is -1.71. The van der Waals surface area contributed by atoms with Crippen LogP contribution in [0.3, 0.4) is 0 Å². The Kier molecular flexibility index (Phi) is 2.99. The lowest BCUT2D eigenvalue weighted by Gasteiger charge is -2.09. The van der Waals surface area contributed by atoms with Crippen LogP contribution in [0.25, 0.3) is 0 Å². The van der Waals surface area contributed by atoms with Crippen molar-refractivity contribution in [1.82, 2.24) is 0 Å². The highest BCUT2D eigenvalue weighted by molar-refractivity contribution is 5.84. The van der Waals surface area contributed by atoms with Gasteiger partial charge in [0.1, 0.15) is 17.6 Å². The highest BCUT2D eigenvalue weighted by Crippen LogP contribution is 2.34. The molecule has 0 amide bonds. The second-order valence-corrected chi connectivity index (χ2v) is 3.81. The lowest BCUT2D eigenvalue weighted by molar-refractivity contribution is 0.254. The minimum Gasteiger partial charge on any atom is -0.493 e. The molecule has 1 N–H and O–H groups in total. The Morgan fingerprint density at radius 1 is 1.62 bits per heavy atom. The predicted molar refractivity (Wildman–Crippen MR) is 60.8 cm³/mol. The number of rotatable bonds is 3. The molecule has 0 radical (unpaired) electrons. The molecule has 0 saturated carbocycles. The average Bonchev–Trinajstić information content (AvgIpc) is 2.58. The van der Waals surface area contributed by atoms with Crippen molar-refractivity contribution in [2.75, 3.05) is 6.61 Å². The topological polar surface area (TPSA) is 51.0 Å². The molecule has 2 rings (SSSR count). The van der Waals surface area contributed by atoms with Gasteiger partial charge in [0.2, 0.25) is 0 Å². The Balaban J connectivity index is 2.40. The standard InChI is InChI=1S/C12H15NO3/c1-3-15-11-5-9-4-8(2)16-12(9)6-10(11)7-13-14/h5-8,14H,3-4H2,1-2H3/t8-/m0/s1. The minimum absolute atomic E-state index is 0.200. The molecule has 86 valence electrons. The first-order valence-electron chi connectivity index (χ1n) is 5.38.